The molecule has 2 aromatic carbocycles. The average molecular weight is 487 g/mol. The number of carbonyl (C=O) groups is 1. The molecule has 7 nitrogen and oxygen atoms in total. The summed E-state index contributed by atoms with van der Waals surface area (Å²) in [5.41, 5.74) is 4.22. The number of para-hydroxylation sites is 2. The second-order valence-electron chi connectivity index (χ2n) is 8.77. The Morgan fingerprint density at radius 2 is 1.81 bits per heavy atom. The summed E-state index contributed by atoms with van der Waals surface area (Å²) in [5, 5.41) is 3.03. The lowest BCUT2D eigenvalue weighted by Gasteiger charge is -2.37. The molecule has 0 spiro atoms. The zero-order chi connectivity index (χ0) is 25.2. The van der Waals surface area contributed by atoms with Crippen LogP contribution in [0.15, 0.2) is 79.6 Å². The zero-order valence-corrected chi connectivity index (χ0v) is 20.9. The van der Waals surface area contributed by atoms with Crippen molar-refractivity contribution in [2.24, 2.45) is 0 Å². The Labute approximate surface area is 213 Å². The van der Waals surface area contributed by atoms with Gasteiger partial charge in [-0.05, 0) is 60.4 Å². The second-order valence-corrected chi connectivity index (χ2v) is 8.77. The number of nitrogens with zero attached hydrogens (tertiary/aromatic N) is 3. The highest BCUT2D eigenvalue weighted by molar-refractivity contribution is 5.95. The van der Waals surface area contributed by atoms with Crippen LogP contribution in [0, 0.1) is 0 Å². The number of amides is 1. The van der Waals surface area contributed by atoms with E-state index in [9.17, 15) is 4.79 Å². The molecule has 1 aliphatic heterocycles. The fraction of sp³-hybridized carbons (Fsp3) is 0.310. The van der Waals surface area contributed by atoms with Gasteiger partial charge in [-0.3, -0.25) is 14.7 Å². The first-order valence-electron chi connectivity index (χ1n) is 12.3. The number of allylic oxidation sites excluding steroid dienone is 1. The molecule has 36 heavy (non-hydrogen) atoms. The molecular weight excluding hydrogens is 452 g/mol. The summed E-state index contributed by atoms with van der Waals surface area (Å²) in [7, 11) is 1.59. The van der Waals surface area contributed by atoms with E-state index < -0.39 is 0 Å². The predicted molar refractivity (Wildman–Crippen MR) is 144 cm³/mol. The van der Waals surface area contributed by atoms with E-state index in [0.717, 1.165) is 62.5 Å². The van der Waals surface area contributed by atoms with Crippen LogP contribution < -0.4 is 19.7 Å². The number of rotatable bonds is 11. The SMILES string of the molecule is C=CCc1ccc(OCC(=O)Nc2ccccc2N2CCN(CCc3ccncc3)CC2)c(OC)c1. The van der Waals surface area contributed by atoms with Gasteiger partial charge in [0.2, 0.25) is 0 Å². The van der Waals surface area contributed by atoms with Crippen LogP contribution >= 0.6 is 0 Å². The number of methoxy groups -OCH3 is 1. The quantitative estimate of drug-likeness (QED) is 0.410. The fourth-order valence-corrected chi connectivity index (χ4v) is 4.36. The van der Waals surface area contributed by atoms with Crippen molar-refractivity contribution < 1.29 is 14.3 Å². The minimum absolute atomic E-state index is 0.103. The van der Waals surface area contributed by atoms with Crippen LogP contribution in [0.25, 0.3) is 0 Å². The fourth-order valence-electron chi connectivity index (χ4n) is 4.36. The molecule has 4 rings (SSSR count). The van der Waals surface area contributed by atoms with Gasteiger partial charge in [0, 0.05) is 45.1 Å². The van der Waals surface area contributed by atoms with Crippen molar-refractivity contribution in [2.45, 2.75) is 12.8 Å². The lowest BCUT2D eigenvalue weighted by Crippen LogP contribution is -2.47. The van der Waals surface area contributed by atoms with Crippen LogP contribution in [0.3, 0.4) is 0 Å². The van der Waals surface area contributed by atoms with Crippen molar-refractivity contribution in [3.63, 3.8) is 0 Å². The van der Waals surface area contributed by atoms with E-state index in [-0.39, 0.29) is 12.5 Å². The van der Waals surface area contributed by atoms with Gasteiger partial charge in [-0.2, -0.15) is 0 Å². The first-order valence-corrected chi connectivity index (χ1v) is 12.3. The van der Waals surface area contributed by atoms with E-state index in [1.807, 2.05) is 54.9 Å². The van der Waals surface area contributed by atoms with E-state index in [1.165, 1.54) is 5.56 Å². The summed E-state index contributed by atoms with van der Waals surface area (Å²) >= 11 is 0. The number of benzene rings is 2. The van der Waals surface area contributed by atoms with Gasteiger partial charge < -0.3 is 19.7 Å². The number of hydrogen-bond donors (Lipinski definition) is 1. The molecule has 3 aromatic rings. The number of ether oxygens (including phenoxy) is 2. The number of nitrogens with one attached hydrogen (secondary N) is 1. The normalized spacial score (nSPS) is 13.8. The van der Waals surface area contributed by atoms with Crippen LogP contribution in [0.4, 0.5) is 11.4 Å². The number of hydrogen-bond acceptors (Lipinski definition) is 6. The minimum Gasteiger partial charge on any atom is -0.493 e. The second kappa shape index (κ2) is 12.7. The highest BCUT2D eigenvalue weighted by Crippen LogP contribution is 2.29. The van der Waals surface area contributed by atoms with Crippen LogP contribution in [-0.2, 0) is 17.6 Å². The van der Waals surface area contributed by atoms with E-state index in [0.29, 0.717) is 11.5 Å². The lowest BCUT2D eigenvalue weighted by molar-refractivity contribution is -0.118. The Kier molecular flexibility index (Phi) is 8.94. The van der Waals surface area contributed by atoms with Crippen molar-refractivity contribution in [1.82, 2.24) is 9.88 Å². The van der Waals surface area contributed by atoms with Gasteiger partial charge in [0.05, 0.1) is 18.5 Å². The third-order valence-electron chi connectivity index (χ3n) is 6.32. The van der Waals surface area contributed by atoms with Crippen LogP contribution in [0.1, 0.15) is 11.1 Å². The molecule has 0 unspecified atom stereocenters. The molecule has 1 N–H and O–H groups in total. The first kappa shape index (κ1) is 25.3. The maximum absolute atomic E-state index is 12.7. The van der Waals surface area contributed by atoms with Crippen LogP contribution in [0.5, 0.6) is 11.5 Å². The first-order chi connectivity index (χ1) is 17.7. The van der Waals surface area contributed by atoms with Crippen molar-refractivity contribution >= 4 is 17.3 Å². The van der Waals surface area contributed by atoms with Gasteiger partial charge >= 0.3 is 0 Å². The maximum Gasteiger partial charge on any atom is 0.262 e. The molecule has 0 bridgehead atoms. The molecule has 188 valence electrons. The van der Waals surface area contributed by atoms with Crippen molar-refractivity contribution in [1.29, 1.82) is 0 Å². The third-order valence-corrected chi connectivity index (χ3v) is 6.32. The molecule has 1 fully saturated rings. The zero-order valence-electron chi connectivity index (χ0n) is 20.9. The molecule has 1 aromatic heterocycles. The Bertz CT molecular complexity index is 1140. The smallest absolute Gasteiger partial charge is 0.262 e. The molecule has 0 atom stereocenters. The van der Waals surface area contributed by atoms with E-state index in [4.69, 9.17) is 9.47 Å². The monoisotopic (exact) mass is 486 g/mol. The summed E-state index contributed by atoms with van der Waals surface area (Å²) in [5.74, 6) is 0.927. The Morgan fingerprint density at radius 3 is 2.56 bits per heavy atom. The molecule has 1 aliphatic rings. The molecule has 0 saturated carbocycles. The topological polar surface area (TPSA) is 66.9 Å². The molecule has 2 heterocycles. The number of anilines is 2. The Hall–Kier alpha value is -3.84. The van der Waals surface area contributed by atoms with E-state index in [2.05, 4.69) is 44.9 Å². The van der Waals surface area contributed by atoms with Crippen LogP contribution in [0.2, 0.25) is 0 Å². The average Bonchev–Trinajstić information content (AvgIpc) is 2.92. The van der Waals surface area contributed by atoms with Gasteiger partial charge in [-0.1, -0.05) is 24.3 Å². The molecule has 7 heteroatoms. The molecule has 1 saturated heterocycles. The predicted octanol–water partition coefficient (Wildman–Crippen LogP) is 4.20. The molecule has 0 aliphatic carbocycles. The molecular formula is C29H34N4O3. The summed E-state index contributed by atoms with van der Waals surface area (Å²) in [6.45, 7) is 8.49. The lowest BCUT2D eigenvalue weighted by atomic mass is 10.1. The summed E-state index contributed by atoms with van der Waals surface area (Å²) in [6, 6.07) is 17.8. The van der Waals surface area contributed by atoms with E-state index >= 15 is 0 Å². The third kappa shape index (κ3) is 6.86. The van der Waals surface area contributed by atoms with Gasteiger partial charge in [-0.15, -0.1) is 6.58 Å². The summed E-state index contributed by atoms with van der Waals surface area (Å²) < 4.78 is 11.2. The molecule has 0 radical (unpaired) electrons. The molecule has 1 amide bonds. The van der Waals surface area contributed by atoms with Gasteiger partial charge in [0.15, 0.2) is 18.1 Å². The van der Waals surface area contributed by atoms with Gasteiger partial charge in [0.1, 0.15) is 0 Å². The standard InChI is InChI=1S/C29H34N4O3/c1-3-6-24-9-10-27(28(21-24)35-2)36-22-29(34)31-25-7-4-5-8-26(25)33-19-17-32(18-20-33)16-13-23-11-14-30-15-12-23/h3-5,7-12,14-15,21H,1,6,13,16-20,22H2,2H3,(H,31,34). The van der Waals surface area contributed by atoms with E-state index in [1.54, 1.807) is 7.11 Å². The number of pyridine rings is 1. The van der Waals surface area contributed by atoms with Crippen molar-refractivity contribution in [3.05, 3.63) is 90.8 Å². The van der Waals surface area contributed by atoms with Crippen molar-refractivity contribution in [2.75, 3.05) is 56.7 Å². The van der Waals surface area contributed by atoms with Gasteiger partial charge in [0.25, 0.3) is 5.91 Å². The van der Waals surface area contributed by atoms with Gasteiger partial charge in [-0.25, -0.2) is 0 Å². The Morgan fingerprint density at radius 1 is 1.03 bits per heavy atom. The van der Waals surface area contributed by atoms with Crippen molar-refractivity contribution in [3.8, 4) is 11.5 Å². The Balaban J connectivity index is 1.30. The highest BCUT2D eigenvalue weighted by Gasteiger charge is 2.20. The summed E-state index contributed by atoms with van der Waals surface area (Å²) in [4.78, 5) is 21.6. The maximum atomic E-state index is 12.7. The highest BCUT2D eigenvalue weighted by atomic mass is 16.5. The number of aromatic nitrogens is 1. The summed E-state index contributed by atoms with van der Waals surface area (Å²) in [6.07, 6.45) is 7.30. The minimum atomic E-state index is -0.212. The number of carbonyl (C=O) groups excluding carboxylic acids is 1. The van der Waals surface area contributed by atoms with Crippen LogP contribution in [-0.4, -0.2) is 62.2 Å². The largest absolute Gasteiger partial charge is 0.493 e. The number of piperazine rings is 1.